The van der Waals surface area contributed by atoms with E-state index in [1.165, 1.54) is 0 Å². The van der Waals surface area contributed by atoms with Gasteiger partial charge >= 0.3 is 0 Å². The van der Waals surface area contributed by atoms with Crippen molar-refractivity contribution >= 4 is 43.5 Å². The molecule has 0 saturated heterocycles. The van der Waals surface area contributed by atoms with Crippen molar-refractivity contribution in [1.82, 2.24) is 4.98 Å². The van der Waals surface area contributed by atoms with Crippen molar-refractivity contribution in [2.75, 3.05) is 5.32 Å². The summed E-state index contributed by atoms with van der Waals surface area (Å²) in [4.78, 5) is 16.1. The van der Waals surface area contributed by atoms with E-state index in [9.17, 15) is 4.79 Å². The van der Waals surface area contributed by atoms with Crippen LogP contribution in [0.25, 0.3) is 0 Å². The van der Waals surface area contributed by atoms with Crippen molar-refractivity contribution in [3.63, 3.8) is 0 Å². The molecule has 5 heteroatoms. The molecule has 1 N–H and O–H groups in total. The van der Waals surface area contributed by atoms with Crippen LogP contribution in [0.2, 0.25) is 0 Å². The fourth-order valence-electron chi connectivity index (χ4n) is 1.47. The van der Waals surface area contributed by atoms with E-state index in [4.69, 9.17) is 0 Å². The van der Waals surface area contributed by atoms with Crippen LogP contribution in [0.15, 0.2) is 45.5 Å². The number of hydrogen-bond acceptors (Lipinski definition) is 2. The molecule has 1 aromatic carbocycles. The highest BCUT2D eigenvalue weighted by atomic mass is 79.9. The standard InChI is InChI=1S/C13H10Br2N2O/c1-8-7-9(4-5-10(8)14)17-13(18)12-11(15)3-2-6-16-12/h2-7H,1H3,(H,17,18). The Hall–Kier alpha value is -1.20. The van der Waals surface area contributed by atoms with Crippen LogP contribution < -0.4 is 5.32 Å². The van der Waals surface area contributed by atoms with E-state index >= 15 is 0 Å². The third-order valence-corrected chi connectivity index (χ3v) is 3.92. The smallest absolute Gasteiger partial charge is 0.275 e. The number of nitrogens with one attached hydrogen (secondary N) is 1. The van der Waals surface area contributed by atoms with E-state index in [-0.39, 0.29) is 5.91 Å². The maximum Gasteiger partial charge on any atom is 0.275 e. The molecule has 0 saturated carbocycles. The van der Waals surface area contributed by atoms with Gasteiger partial charge in [0.2, 0.25) is 0 Å². The van der Waals surface area contributed by atoms with Crippen LogP contribution in [0, 0.1) is 6.92 Å². The number of aromatic nitrogens is 1. The van der Waals surface area contributed by atoms with E-state index < -0.39 is 0 Å². The highest BCUT2D eigenvalue weighted by Gasteiger charge is 2.11. The maximum absolute atomic E-state index is 12.0. The molecule has 0 spiro atoms. The summed E-state index contributed by atoms with van der Waals surface area (Å²) in [6, 6.07) is 9.20. The minimum Gasteiger partial charge on any atom is -0.321 e. The van der Waals surface area contributed by atoms with Gasteiger partial charge in [-0.1, -0.05) is 15.9 Å². The second kappa shape index (κ2) is 5.63. The van der Waals surface area contributed by atoms with Gasteiger partial charge < -0.3 is 5.32 Å². The van der Waals surface area contributed by atoms with Crippen molar-refractivity contribution < 1.29 is 4.79 Å². The van der Waals surface area contributed by atoms with Crippen molar-refractivity contribution in [1.29, 1.82) is 0 Å². The topological polar surface area (TPSA) is 42.0 Å². The Morgan fingerprint density at radius 2 is 2.00 bits per heavy atom. The molecule has 0 atom stereocenters. The predicted octanol–water partition coefficient (Wildman–Crippen LogP) is 4.17. The molecule has 92 valence electrons. The number of aryl methyl sites for hydroxylation is 1. The number of anilines is 1. The summed E-state index contributed by atoms with van der Waals surface area (Å²) in [5.41, 5.74) is 2.18. The van der Waals surface area contributed by atoms with Crippen LogP contribution in [0.5, 0.6) is 0 Å². The number of nitrogens with zero attached hydrogens (tertiary/aromatic N) is 1. The summed E-state index contributed by atoms with van der Waals surface area (Å²) in [6.07, 6.45) is 1.59. The number of benzene rings is 1. The molecule has 2 aromatic rings. The third-order valence-electron chi connectivity index (χ3n) is 2.39. The second-order valence-electron chi connectivity index (χ2n) is 3.75. The Bertz CT molecular complexity index is 599. The number of carbonyl (C=O) groups excluding carboxylic acids is 1. The first-order valence-corrected chi connectivity index (χ1v) is 6.84. The van der Waals surface area contributed by atoms with Gasteiger partial charge in [-0.2, -0.15) is 0 Å². The lowest BCUT2D eigenvalue weighted by molar-refractivity contribution is 0.102. The Kier molecular flexibility index (Phi) is 4.14. The van der Waals surface area contributed by atoms with E-state index in [0.29, 0.717) is 10.2 Å². The molecule has 0 bridgehead atoms. The minimum atomic E-state index is -0.232. The summed E-state index contributed by atoms with van der Waals surface area (Å²) < 4.78 is 1.69. The molecule has 0 fully saturated rings. The first-order valence-electron chi connectivity index (χ1n) is 5.26. The number of rotatable bonds is 2. The van der Waals surface area contributed by atoms with Gasteiger partial charge in [-0.15, -0.1) is 0 Å². The van der Waals surface area contributed by atoms with E-state index in [1.807, 2.05) is 25.1 Å². The summed E-state index contributed by atoms with van der Waals surface area (Å²) in [5, 5.41) is 2.81. The molecule has 18 heavy (non-hydrogen) atoms. The molecular weight excluding hydrogens is 360 g/mol. The summed E-state index contributed by atoms with van der Waals surface area (Å²) in [6.45, 7) is 1.97. The second-order valence-corrected chi connectivity index (χ2v) is 5.46. The molecule has 3 nitrogen and oxygen atoms in total. The lowest BCUT2D eigenvalue weighted by Crippen LogP contribution is -2.14. The Morgan fingerprint density at radius 3 is 2.67 bits per heavy atom. The minimum absolute atomic E-state index is 0.232. The zero-order chi connectivity index (χ0) is 13.1. The van der Waals surface area contributed by atoms with Crippen LogP contribution in [0.3, 0.4) is 0 Å². The maximum atomic E-state index is 12.0. The van der Waals surface area contributed by atoms with Crippen molar-refractivity contribution in [3.05, 3.63) is 56.7 Å². The molecule has 0 aliphatic carbocycles. The predicted molar refractivity (Wildman–Crippen MR) is 78.8 cm³/mol. The first-order chi connectivity index (χ1) is 8.58. The number of hydrogen-bond donors (Lipinski definition) is 1. The average molecular weight is 370 g/mol. The van der Waals surface area contributed by atoms with Crippen LogP contribution in [-0.4, -0.2) is 10.9 Å². The van der Waals surface area contributed by atoms with Crippen LogP contribution in [0.1, 0.15) is 16.1 Å². The molecule has 0 unspecified atom stereocenters. The van der Waals surface area contributed by atoms with Gasteiger partial charge in [0.05, 0.1) is 0 Å². The normalized spacial score (nSPS) is 10.2. The summed E-state index contributed by atoms with van der Waals surface area (Å²) >= 11 is 6.73. The highest BCUT2D eigenvalue weighted by molar-refractivity contribution is 9.10. The Balaban J connectivity index is 2.22. The largest absolute Gasteiger partial charge is 0.321 e. The van der Waals surface area contributed by atoms with Gasteiger partial charge in [0.25, 0.3) is 5.91 Å². The lowest BCUT2D eigenvalue weighted by atomic mass is 10.2. The molecule has 0 radical (unpaired) electrons. The molecule has 1 heterocycles. The van der Waals surface area contributed by atoms with Gasteiger partial charge in [-0.05, 0) is 58.7 Å². The van der Waals surface area contributed by atoms with E-state index in [1.54, 1.807) is 18.3 Å². The Labute approximate surface area is 122 Å². The Morgan fingerprint density at radius 1 is 1.22 bits per heavy atom. The van der Waals surface area contributed by atoms with Crippen LogP contribution in [0.4, 0.5) is 5.69 Å². The lowest BCUT2D eigenvalue weighted by Gasteiger charge is -2.07. The molecule has 1 aromatic heterocycles. The van der Waals surface area contributed by atoms with Crippen molar-refractivity contribution in [2.45, 2.75) is 6.92 Å². The fourth-order valence-corrected chi connectivity index (χ4v) is 2.15. The van der Waals surface area contributed by atoms with Crippen LogP contribution >= 0.6 is 31.9 Å². The molecule has 2 rings (SSSR count). The van der Waals surface area contributed by atoms with E-state index in [0.717, 1.165) is 15.7 Å². The first kappa shape index (κ1) is 13.2. The SMILES string of the molecule is Cc1cc(NC(=O)c2ncccc2Br)ccc1Br. The number of amides is 1. The van der Waals surface area contributed by atoms with Gasteiger partial charge in [0.15, 0.2) is 0 Å². The monoisotopic (exact) mass is 368 g/mol. The zero-order valence-corrected chi connectivity index (χ0v) is 12.7. The third kappa shape index (κ3) is 2.97. The highest BCUT2D eigenvalue weighted by Crippen LogP contribution is 2.21. The van der Waals surface area contributed by atoms with Crippen molar-refractivity contribution in [3.8, 4) is 0 Å². The molecule has 0 aliphatic rings. The van der Waals surface area contributed by atoms with Gasteiger partial charge in [0, 0.05) is 20.8 Å². The van der Waals surface area contributed by atoms with Gasteiger partial charge in [-0.25, -0.2) is 4.98 Å². The van der Waals surface area contributed by atoms with Gasteiger partial charge in [0.1, 0.15) is 5.69 Å². The summed E-state index contributed by atoms with van der Waals surface area (Å²) in [5.74, 6) is -0.232. The zero-order valence-electron chi connectivity index (χ0n) is 9.58. The number of carbonyl (C=O) groups is 1. The number of pyridine rings is 1. The van der Waals surface area contributed by atoms with Crippen LogP contribution in [-0.2, 0) is 0 Å². The molecule has 0 aliphatic heterocycles. The van der Waals surface area contributed by atoms with Gasteiger partial charge in [-0.3, -0.25) is 4.79 Å². The number of halogens is 2. The quantitative estimate of drug-likeness (QED) is 0.863. The summed E-state index contributed by atoms with van der Waals surface area (Å²) in [7, 11) is 0. The van der Waals surface area contributed by atoms with Crippen molar-refractivity contribution in [2.24, 2.45) is 0 Å². The van der Waals surface area contributed by atoms with E-state index in [2.05, 4.69) is 42.2 Å². The fraction of sp³-hybridized carbons (Fsp3) is 0.0769. The molecule has 1 amide bonds. The molecular formula is C13H10Br2N2O. The average Bonchev–Trinajstić information content (AvgIpc) is 2.34.